The van der Waals surface area contributed by atoms with Gasteiger partial charge in [0.2, 0.25) is 0 Å². The van der Waals surface area contributed by atoms with E-state index in [1.54, 1.807) is 7.11 Å². The third-order valence-electron chi connectivity index (χ3n) is 4.69. The molecular formula is C19H23NO2. The first-order chi connectivity index (χ1) is 10.8. The number of ether oxygens (including phenoxy) is 2. The monoisotopic (exact) mass is 297 g/mol. The first kappa shape index (κ1) is 14.9. The molecule has 0 atom stereocenters. The maximum absolute atomic E-state index is 6.04. The molecule has 0 aromatic heterocycles. The van der Waals surface area contributed by atoms with Crippen molar-refractivity contribution in [3.63, 3.8) is 0 Å². The first-order valence-electron chi connectivity index (χ1n) is 7.83. The lowest BCUT2D eigenvalue weighted by Crippen LogP contribution is -2.41. The van der Waals surface area contributed by atoms with Crippen LogP contribution in [0.25, 0.3) is 0 Å². The molecule has 116 valence electrons. The highest BCUT2D eigenvalue weighted by molar-refractivity contribution is 5.51. The number of benzene rings is 2. The van der Waals surface area contributed by atoms with Crippen molar-refractivity contribution in [2.24, 2.45) is 5.73 Å². The van der Waals surface area contributed by atoms with Gasteiger partial charge in [-0.15, -0.1) is 0 Å². The lowest BCUT2D eigenvalue weighted by molar-refractivity contribution is 0.235. The van der Waals surface area contributed by atoms with Crippen LogP contribution in [0.4, 0.5) is 0 Å². The summed E-state index contributed by atoms with van der Waals surface area (Å²) in [6.07, 6.45) is 3.49. The number of hydrogen-bond donors (Lipinski definition) is 1. The Kier molecular flexibility index (Phi) is 4.34. The quantitative estimate of drug-likeness (QED) is 0.885. The molecule has 2 aromatic carbocycles. The molecule has 2 N–H and O–H groups in total. The fourth-order valence-corrected chi connectivity index (χ4v) is 3.18. The summed E-state index contributed by atoms with van der Waals surface area (Å²) in [4.78, 5) is 0. The molecule has 1 saturated carbocycles. The van der Waals surface area contributed by atoms with Crippen LogP contribution in [0.2, 0.25) is 0 Å². The van der Waals surface area contributed by atoms with E-state index in [0.29, 0.717) is 13.2 Å². The number of hydrogen-bond acceptors (Lipinski definition) is 3. The summed E-state index contributed by atoms with van der Waals surface area (Å²) in [7, 11) is 1.71. The van der Waals surface area contributed by atoms with Gasteiger partial charge < -0.3 is 15.2 Å². The summed E-state index contributed by atoms with van der Waals surface area (Å²) < 4.78 is 11.7. The summed E-state index contributed by atoms with van der Waals surface area (Å²) in [6.45, 7) is 1.20. The molecule has 1 fully saturated rings. The molecule has 0 heterocycles. The summed E-state index contributed by atoms with van der Waals surface area (Å²) in [6, 6.07) is 16.3. The molecule has 22 heavy (non-hydrogen) atoms. The average molecular weight is 297 g/mol. The van der Waals surface area contributed by atoms with Gasteiger partial charge in [0.25, 0.3) is 0 Å². The molecular weight excluding hydrogens is 274 g/mol. The predicted molar refractivity (Wildman–Crippen MR) is 88.4 cm³/mol. The minimum atomic E-state index is 0.0669. The Morgan fingerprint density at radius 1 is 1.05 bits per heavy atom. The van der Waals surface area contributed by atoms with E-state index in [0.717, 1.165) is 29.9 Å². The lowest BCUT2D eigenvalue weighted by atomic mass is 9.64. The Morgan fingerprint density at radius 2 is 1.82 bits per heavy atom. The van der Waals surface area contributed by atoms with E-state index in [-0.39, 0.29) is 5.41 Å². The number of para-hydroxylation sites is 1. The topological polar surface area (TPSA) is 44.5 Å². The van der Waals surface area contributed by atoms with Gasteiger partial charge >= 0.3 is 0 Å². The van der Waals surface area contributed by atoms with Crippen LogP contribution in [-0.2, 0) is 12.0 Å². The van der Waals surface area contributed by atoms with E-state index in [1.165, 1.54) is 12.0 Å². The fraction of sp³-hybridized carbons (Fsp3) is 0.368. The largest absolute Gasteiger partial charge is 0.493 e. The number of rotatable bonds is 6. The molecule has 0 bridgehead atoms. The van der Waals surface area contributed by atoms with Crippen LogP contribution >= 0.6 is 0 Å². The number of methoxy groups -OCH3 is 1. The van der Waals surface area contributed by atoms with E-state index in [4.69, 9.17) is 15.2 Å². The van der Waals surface area contributed by atoms with Crippen LogP contribution in [0.5, 0.6) is 11.5 Å². The van der Waals surface area contributed by atoms with Gasteiger partial charge in [0, 0.05) is 17.5 Å². The third kappa shape index (κ3) is 2.69. The Morgan fingerprint density at radius 3 is 2.41 bits per heavy atom. The SMILES string of the molecule is COc1c(OCc2ccccc2)cccc1C1(CN)CCC1. The zero-order valence-electron chi connectivity index (χ0n) is 13.0. The van der Waals surface area contributed by atoms with Crippen molar-refractivity contribution in [3.05, 3.63) is 59.7 Å². The van der Waals surface area contributed by atoms with Crippen molar-refractivity contribution in [1.82, 2.24) is 0 Å². The zero-order chi connectivity index (χ0) is 15.4. The Bertz CT molecular complexity index is 615. The van der Waals surface area contributed by atoms with Crippen LogP contribution in [0.1, 0.15) is 30.4 Å². The summed E-state index contributed by atoms with van der Waals surface area (Å²) in [5.74, 6) is 1.63. The van der Waals surface area contributed by atoms with Crippen LogP contribution in [0.3, 0.4) is 0 Å². The first-order valence-corrected chi connectivity index (χ1v) is 7.83. The maximum Gasteiger partial charge on any atom is 0.164 e. The maximum atomic E-state index is 6.04. The lowest BCUT2D eigenvalue weighted by Gasteiger charge is -2.42. The average Bonchev–Trinajstić information content (AvgIpc) is 2.53. The normalized spacial score (nSPS) is 15.9. The molecule has 1 aliphatic rings. The minimum absolute atomic E-state index is 0.0669. The van der Waals surface area contributed by atoms with Gasteiger partial charge in [-0.1, -0.05) is 48.9 Å². The molecule has 0 spiro atoms. The van der Waals surface area contributed by atoms with E-state index in [2.05, 4.69) is 18.2 Å². The van der Waals surface area contributed by atoms with E-state index in [1.807, 2.05) is 30.3 Å². The highest BCUT2D eigenvalue weighted by Gasteiger charge is 2.40. The van der Waals surface area contributed by atoms with Crippen LogP contribution in [-0.4, -0.2) is 13.7 Å². The van der Waals surface area contributed by atoms with Crippen LogP contribution in [0.15, 0.2) is 48.5 Å². The Labute approximate surface area is 132 Å². The molecule has 3 nitrogen and oxygen atoms in total. The summed E-state index contributed by atoms with van der Waals surface area (Å²) >= 11 is 0. The molecule has 0 aliphatic heterocycles. The van der Waals surface area contributed by atoms with Crippen molar-refractivity contribution in [1.29, 1.82) is 0 Å². The van der Waals surface area contributed by atoms with Gasteiger partial charge in [0.15, 0.2) is 11.5 Å². The summed E-state index contributed by atoms with van der Waals surface area (Å²) in [5, 5.41) is 0. The van der Waals surface area contributed by atoms with Gasteiger partial charge in [-0.2, -0.15) is 0 Å². The van der Waals surface area contributed by atoms with Crippen molar-refractivity contribution in [2.45, 2.75) is 31.3 Å². The highest BCUT2D eigenvalue weighted by atomic mass is 16.5. The molecule has 0 saturated heterocycles. The van der Waals surface area contributed by atoms with Crippen molar-refractivity contribution in [3.8, 4) is 11.5 Å². The fourth-order valence-electron chi connectivity index (χ4n) is 3.18. The van der Waals surface area contributed by atoms with Crippen LogP contribution in [0, 0.1) is 0 Å². The van der Waals surface area contributed by atoms with Crippen molar-refractivity contribution in [2.75, 3.05) is 13.7 Å². The van der Waals surface area contributed by atoms with Gasteiger partial charge in [0.05, 0.1) is 7.11 Å². The molecule has 1 aliphatic carbocycles. The smallest absolute Gasteiger partial charge is 0.164 e. The Balaban J connectivity index is 1.85. The van der Waals surface area contributed by atoms with Gasteiger partial charge in [-0.3, -0.25) is 0 Å². The van der Waals surface area contributed by atoms with Crippen molar-refractivity contribution >= 4 is 0 Å². The highest BCUT2D eigenvalue weighted by Crippen LogP contribution is 2.48. The second-order valence-electron chi connectivity index (χ2n) is 5.95. The molecule has 3 heteroatoms. The van der Waals surface area contributed by atoms with Gasteiger partial charge in [0.1, 0.15) is 6.61 Å². The van der Waals surface area contributed by atoms with Gasteiger partial charge in [-0.05, 0) is 24.5 Å². The molecule has 0 radical (unpaired) electrons. The van der Waals surface area contributed by atoms with E-state index >= 15 is 0 Å². The zero-order valence-corrected chi connectivity index (χ0v) is 13.0. The second kappa shape index (κ2) is 6.41. The molecule has 0 unspecified atom stereocenters. The minimum Gasteiger partial charge on any atom is -0.493 e. The third-order valence-corrected chi connectivity index (χ3v) is 4.69. The van der Waals surface area contributed by atoms with Crippen LogP contribution < -0.4 is 15.2 Å². The van der Waals surface area contributed by atoms with E-state index < -0.39 is 0 Å². The predicted octanol–water partition coefficient (Wildman–Crippen LogP) is 3.65. The Hall–Kier alpha value is -2.00. The molecule has 3 rings (SSSR count). The number of nitrogens with two attached hydrogens (primary N) is 1. The second-order valence-corrected chi connectivity index (χ2v) is 5.95. The molecule has 0 amide bonds. The standard InChI is InChI=1S/C19H23NO2/c1-21-18-16(19(14-20)11-6-12-19)9-5-10-17(18)22-13-15-7-3-2-4-8-15/h2-5,7-10H,6,11-14,20H2,1H3. The summed E-state index contributed by atoms with van der Waals surface area (Å²) in [5.41, 5.74) is 8.44. The van der Waals surface area contributed by atoms with Crippen molar-refractivity contribution < 1.29 is 9.47 Å². The van der Waals surface area contributed by atoms with E-state index in [9.17, 15) is 0 Å². The van der Waals surface area contributed by atoms with Gasteiger partial charge in [-0.25, -0.2) is 0 Å². The molecule has 2 aromatic rings.